The first-order valence-electron chi connectivity index (χ1n) is 6.45. The highest BCUT2D eigenvalue weighted by atomic mass is 16.1. The molecule has 0 saturated heterocycles. The molecule has 0 saturated carbocycles. The van der Waals surface area contributed by atoms with Gasteiger partial charge in [-0.05, 0) is 33.3 Å². The van der Waals surface area contributed by atoms with Crippen molar-refractivity contribution in [3.05, 3.63) is 45.7 Å². The molecule has 1 heterocycles. The molecular weight excluding hydrogens is 224 g/mol. The van der Waals surface area contributed by atoms with Crippen molar-refractivity contribution < 1.29 is 0 Å². The van der Waals surface area contributed by atoms with Crippen LogP contribution in [-0.2, 0) is 6.42 Å². The van der Waals surface area contributed by atoms with Crippen molar-refractivity contribution in [1.29, 1.82) is 0 Å². The maximum absolute atomic E-state index is 12.0. The van der Waals surface area contributed by atoms with Crippen molar-refractivity contribution in [1.82, 2.24) is 9.78 Å². The average molecular weight is 244 g/mol. The van der Waals surface area contributed by atoms with Gasteiger partial charge in [0.05, 0.1) is 5.69 Å². The fraction of sp³-hybridized carbons (Fsp3) is 0.400. The van der Waals surface area contributed by atoms with Crippen LogP contribution in [0.25, 0.3) is 11.3 Å². The van der Waals surface area contributed by atoms with E-state index in [2.05, 4.69) is 44.1 Å². The number of hydrogen-bond donors (Lipinski definition) is 1. The van der Waals surface area contributed by atoms with Crippen LogP contribution < -0.4 is 5.56 Å². The summed E-state index contributed by atoms with van der Waals surface area (Å²) in [5, 5.41) is 2.94. The molecule has 18 heavy (non-hydrogen) atoms. The van der Waals surface area contributed by atoms with Gasteiger partial charge in [0.2, 0.25) is 0 Å². The number of H-pyrrole nitrogens is 1. The highest BCUT2D eigenvalue weighted by Crippen LogP contribution is 2.25. The molecule has 1 aromatic heterocycles. The number of aryl methyl sites for hydroxylation is 1. The zero-order valence-corrected chi connectivity index (χ0v) is 11.4. The summed E-state index contributed by atoms with van der Waals surface area (Å²) in [7, 11) is 0. The van der Waals surface area contributed by atoms with Crippen LogP contribution in [0.4, 0.5) is 0 Å². The van der Waals surface area contributed by atoms with E-state index in [0.29, 0.717) is 0 Å². The van der Waals surface area contributed by atoms with Gasteiger partial charge in [0.25, 0.3) is 5.56 Å². The lowest BCUT2D eigenvalue weighted by molar-refractivity contribution is 0.534. The average Bonchev–Trinajstić information content (AvgIpc) is 2.66. The van der Waals surface area contributed by atoms with Crippen molar-refractivity contribution in [2.24, 2.45) is 0 Å². The first-order valence-corrected chi connectivity index (χ1v) is 6.45. The molecule has 0 amide bonds. The van der Waals surface area contributed by atoms with E-state index in [1.807, 2.05) is 17.7 Å². The number of rotatable bonds is 3. The zero-order valence-electron chi connectivity index (χ0n) is 11.4. The Hall–Kier alpha value is -1.77. The van der Waals surface area contributed by atoms with Crippen LogP contribution >= 0.6 is 0 Å². The van der Waals surface area contributed by atoms with E-state index in [1.165, 1.54) is 5.56 Å². The second-order valence-corrected chi connectivity index (χ2v) is 4.95. The minimum Gasteiger partial charge on any atom is -0.282 e. The van der Waals surface area contributed by atoms with Crippen LogP contribution in [-0.4, -0.2) is 9.78 Å². The molecule has 1 aromatic carbocycles. The molecule has 2 aromatic rings. The summed E-state index contributed by atoms with van der Waals surface area (Å²) in [4.78, 5) is 12.0. The lowest BCUT2D eigenvalue weighted by Gasteiger charge is -2.13. The number of aromatic nitrogens is 2. The Kier molecular flexibility index (Phi) is 3.41. The van der Waals surface area contributed by atoms with E-state index in [0.717, 1.165) is 23.2 Å². The van der Waals surface area contributed by atoms with Crippen LogP contribution in [0.15, 0.2) is 29.1 Å². The van der Waals surface area contributed by atoms with Gasteiger partial charge in [-0.2, -0.15) is 0 Å². The highest BCUT2D eigenvalue weighted by molar-refractivity contribution is 5.64. The third-order valence-corrected chi connectivity index (χ3v) is 3.18. The zero-order chi connectivity index (χ0) is 13.3. The van der Waals surface area contributed by atoms with E-state index >= 15 is 0 Å². The molecule has 2 rings (SSSR count). The van der Waals surface area contributed by atoms with Crippen LogP contribution in [0.1, 0.15) is 37.9 Å². The Morgan fingerprint density at radius 1 is 1.33 bits per heavy atom. The molecule has 0 fully saturated rings. The first-order chi connectivity index (χ1) is 8.54. The van der Waals surface area contributed by atoms with Gasteiger partial charge in [0.1, 0.15) is 0 Å². The number of aromatic amines is 1. The predicted octanol–water partition coefficient (Wildman–Crippen LogP) is 3.30. The Bertz CT molecular complexity index is 605. The summed E-state index contributed by atoms with van der Waals surface area (Å²) >= 11 is 0. The number of nitrogens with one attached hydrogen (secondary N) is 1. The van der Waals surface area contributed by atoms with Gasteiger partial charge in [0.15, 0.2) is 0 Å². The molecule has 0 aliphatic rings. The summed E-state index contributed by atoms with van der Waals surface area (Å²) in [6, 6.07) is 8.54. The van der Waals surface area contributed by atoms with Crippen LogP contribution in [0, 0.1) is 6.92 Å². The lowest BCUT2D eigenvalue weighted by atomic mass is 10.0. The summed E-state index contributed by atoms with van der Waals surface area (Å²) in [6.45, 7) is 8.25. The minimum atomic E-state index is 0.0303. The quantitative estimate of drug-likeness (QED) is 0.883. The van der Waals surface area contributed by atoms with Gasteiger partial charge in [-0.3, -0.25) is 14.6 Å². The van der Waals surface area contributed by atoms with Gasteiger partial charge >= 0.3 is 0 Å². The summed E-state index contributed by atoms with van der Waals surface area (Å²) in [5.74, 6) is 0. The summed E-state index contributed by atoms with van der Waals surface area (Å²) < 4.78 is 1.97. The van der Waals surface area contributed by atoms with E-state index in [4.69, 9.17) is 0 Å². The first kappa shape index (κ1) is 12.7. The smallest absolute Gasteiger partial charge is 0.267 e. The molecule has 3 nitrogen and oxygen atoms in total. The number of hydrogen-bond acceptors (Lipinski definition) is 1. The van der Waals surface area contributed by atoms with Crippen molar-refractivity contribution in [3.8, 4) is 11.3 Å². The van der Waals surface area contributed by atoms with Crippen molar-refractivity contribution in [3.63, 3.8) is 0 Å². The molecule has 0 bridgehead atoms. The minimum absolute atomic E-state index is 0.0303. The third kappa shape index (κ3) is 2.13. The molecule has 0 unspecified atom stereocenters. The lowest BCUT2D eigenvalue weighted by Crippen LogP contribution is -2.09. The fourth-order valence-electron chi connectivity index (χ4n) is 2.31. The summed E-state index contributed by atoms with van der Waals surface area (Å²) in [6.07, 6.45) is 0.748. The molecule has 0 radical (unpaired) electrons. The van der Waals surface area contributed by atoms with Crippen LogP contribution in [0.2, 0.25) is 0 Å². The molecule has 0 spiro atoms. The second-order valence-electron chi connectivity index (χ2n) is 4.95. The molecule has 1 N–H and O–H groups in total. The Labute approximate surface area is 107 Å². The number of benzene rings is 1. The van der Waals surface area contributed by atoms with Gasteiger partial charge in [0, 0.05) is 17.2 Å². The second kappa shape index (κ2) is 4.84. The maximum Gasteiger partial charge on any atom is 0.267 e. The maximum atomic E-state index is 12.0. The van der Waals surface area contributed by atoms with E-state index < -0.39 is 0 Å². The van der Waals surface area contributed by atoms with Crippen LogP contribution in [0.3, 0.4) is 0 Å². The largest absolute Gasteiger partial charge is 0.282 e. The predicted molar refractivity (Wildman–Crippen MR) is 75.0 cm³/mol. The Balaban J connectivity index is 2.72. The molecule has 0 atom stereocenters. The van der Waals surface area contributed by atoms with Crippen LogP contribution in [0.5, 0.6) is 0 Å². The van der Waals surface area contributed by atoms with Gasteiger partial charge in [-0.25, -0.2) is 0 Å². The molecule has 96 valence electrons. The summed E-state index contributed by atoms with van der Waals surface area (Å²) in [5.41, 5.74) is 4.25. The molecule has 3 heteroatoms. The van der Waals surface area contributed by atoms with E-state index in [9.17, 15) is 4.79 Å². The standard InChI is InChI=1S/C15H20N2O/c1-5-13-14(12-8-6-7-11(4)9-12)17(10(2)3)16-15(13)18/h6-10H,5H2,1-4H3,(H,16,18). The number of nitrogens with zero attached hydrogens (tertiary/aromatic N) is 1. The Morgan fingerprint density at radius 2 is 2.06 bits per heavy atom. The van der Waals surface area contributed by atoms with Gasteiger partial charge in [-0.1, -0.05) is 30.7 Å². The normalized spacial score (nSPS) is 11.2. The monoisotopic (exact) mass is 244 g/mol. The van der Waals surface area contributed by atoms with Crippen molar-refractivity contribution in [2.45, 2.75) is 40.2 Å². The van der Waals surface area contributed by atoms with Crippen molar-refractivity contribution >= 4 is 0 Å². The third-order valence-electron chi connectivity index (χ3n) is 3.18. The van der Waals surface area contributed by atoms with Crippen molar-refractivity contribution in [2.75, 3.05) is 0 Å². The van der Waals surface area contributed by atoms with E-state index in [-0.39, 0.29) is 11.6 Å². The topological polar surface area (TPSA) is 37.8 Å². The Morgan fingerprint density at radius 3 is 2.61 bits per heavy atom. The van der Waals surface area contributed by atoms with Gasteiger partial charge < -0.3 is 0 Å². The van der Waals surface area contributed by atoms with Gasteiger partial charge in [-0.15, -0.1) is 0 Å². The van der Waals surface area contributed by atoms with E-state index in [1.54, 1.807) is 0 Å². The molecule has 0 aliphatic carbocycles. The SMILES string of the molecule is CCc1c(-c2cccc(C)c2)n(C(C)C)[nH]c1=O. The molecule has 0 aliphatic heterocycles. The highest BCUT2D eigenvalue weighted by Gasteiger charge is 2.16. The molecular formula is C15H20N2O. The fourth-order valence-corrected chi connectivity index (χ4v) is 2.31.